The van der Waals surface area contributed by atoms with Crippen molar-refractivity contribution in [2.75, 3.05) is 18.1 Å². The molecule has 1 heterocycles. The third-order valence-corrected chi connectivity index (χ3v) is 5.20. The molecule has 1 aromatic rings. The van der Waals surface area contributed by atoms with Gasteiger partial charge >= 0.3 is 18.2 Å². The van der Waals surface area contributed by atoms with Crippen LogP contribution in [0.1, 0.15) is 63.7 Å². The number of carbonyl (C=O) groups is 2. The maximum absolute atomic E-state index is 13.0. The van der Waals surface area contributed by atoms with Crippen molar-refractivity contribution in [2.24, 2.45) is 11.8 Å². The third-order valence-electron chi connectivity index (χ3n) is 5.20. The summed E-state index contributed by atoms with van der Waals surface area (Å²) in [6, 6.07) is 2.88. The molecule has 0 atom stereocenters. The number of carboxylic acids is 1. The Morgan fingerprint density at radius 3 is 2.19 bits per heavy atom. The number of anilines is 1. The summed E-state index contributed by atoms with van der Waals surface area (Å²) in [7, 11) is 0. The van der Waals surface area contributed by atoms with Crippen molar-refractivity contribution in [3.05, 3.63) is 23.9 Å². The molecule has 1 N–H and O–H groups in total. The number of hydrazine groups is 1. The van der Waals surface area contributed by atoms with Crippen molar-refractivity contribution in [1.82, 2.24) is 9.99 Å². The lowest BCUT2D eigenvalue weighted by molar-refractivity contribution is -0.184. The van der Waals surface area contributed by atoms with Crippen LogP contribution in [0, 0.1) is 11.8 Å². The highest BCUT2D eigenvalue weighted by Crippen LogP contribution is 2.40. The van der Waals surface area contributed by atoms with Gasteiger partial charge in [-0.25, -0.2) is 19.6 Å². The number of alkyl halides is 3. The van der Waals surface area contributed by atoms with Gasteiger partial charge in [-0.1, -0.05) is 0 Å². The second-order valence-corrected chi connectivity index (χ2v) is 8.75. The van der Waals surface area contributed by atoms with Crippen LogP contribution in [0.15, 0.2) is 18.3 Å². The van der Waals surface area contributed by atoms with Crippen LogP contribution in [0.3, 0.4) is 0 Å². The summed E-state index contributed by atoms with van der Waals surface area (Å²) >= 11 is 0. The van der Waals surface area contributed by atoms with Gasteiger partial charge < -0.3 is 9.84 Å². The van der Waals surface area contributed by atoms with Gasteiger partial charge in [-0.3, -0.25) is 5.01 Å². The number of ether oxygens (including phenoxy) is 1. The molecule has 1 amide bonds. The first kappa shape index (κ1) is 24.7. The summed E-state index contributed by atoms with van der Waals surface area (Å²) in [5.74, 6) is -2.18. The first-order chi connectivity index (χ1) is 14.3. The first-order valence-corrected chi connectivity index (χ1v) is 10.4. The van der Waals surface area contributed by atoms with E-state index in [9.17, 15) is 22.8 Å². The van der Waals surface area contributed by atoms with Crippen molar-refractivity contribution in [3.8, 4) is 0 Å². The zero-order valence-electron chi connectivity index (χ0n) is 18.3. The molecule has 0 aromatic carbocycles. The number of carbonyl (C=O) groups excluding carboxylic acids is 1. The minimum atomic E-state index is -4.19. The van der Waals surface area contributed by atoms with Gasteiger partial charge in [0.2, 0.25) is 0 Å². The van der Waals surface area contributed by atoms with Crippen LogP contribution in [0.5, 0.6) is 0 Å². The van der Waals surface area contributed by atoms with E-state index in [1.165, 1.54) is 23.3 Å². The van der Waals surface area contributed by atoms with Crippen LogP contribution in [-0.4, -0.2) is 52.0 Å². The van der Waals surface area contributed by atoms with Crippen molar-refractivity contribution >= 4 is 17.9 Å². The molecule has 2 rings (SSSR count). The quantitative estimate of drug-likeness (QED) is 0.612. The molecule has 174 valence electrons. The molecule has 0 unspecified atom stereocenters. The molecule has 0 aliphatic heterocycles. The molecular weight excluding hydrogens is 415 g/mol. The topological polar surface area (TPSA) is 83.0 Å². The van der Waals surface area contributed by atoms with Gasteiger partial charge in [0.25, 0.3) is 0 Å². The fourth-order valence-corrected chi connectivity index (χ4v) is 3.62. The zero-order chi connectivity index (χ0) is 23.4. The summed E-state index contributed by atoms with van der Waals surface area (Å²) in [6.07, 6.45) is -2.85. The molecule has 0 saturated heterocycles. The first-order valence-electron chi connectivity index (χ1n) is 10.4. The minimum absolute atomic E-state index is 0.00842. The van der Waals surface area contributed by atoms with Gasteiger partial charge in [0.15, 0.2) is 0 Å². The van der Waals surface area contributed by atoms with Crippen LogP contribution >= 0.6 is 0 Å². The van der Waals surface area contributed by atoms with Gasteiger partial charge in [0.05, 0.1) is 11.5 Å². The van der Waals surface area contributed by atoms with Crippen LogP contribution in [0.25, 0.3) is 0 Å². The average molecular weight is 445 g/mol. The molecule has 0 radical (unpaired) electrons. The summed E-state index contributed by atoms with van der Waals surface area (Å²) < 4.78 is 44.5. The number of aromatic nitrogens is 1. The second kappa shape index (κ2) is 9.74. The Labute approximate surface area is 180 Å². The molecule has 31 heavy (non-hydrogen) atoms. The van der Waals surface area contributed by atoms with E-state index in [1.807, 2.05) is 0 Å². The Morgan fingerprint density at radius 2 is 1.77 bits per heavy atom. The average Bonchev–Trinajstić information content (AvgIpc) is 2.66. The van der Waals surface area contributed by atoms with Crippen LogP contribution < -0.4 is 5.01 Å². The van der Waals surface area contributed by atoms with Crippen molar-refractivity contribution < 1.29 is 32.6 Å². The number of hydrogen-bond acceptors (Lipinski definition) is 5. The monoisotopic (exact) mass is 445 g/mol. The molecule has 1 aromatic heterocycles. The van der Waals surface area contributed by atoms with Gasteiger partial charge in [-0.15, -0.1) is 0 Å². The van der Waals surface area contributed by atoms with Gasteiger partial charge in [-0.05, 0) is 71.4 Å². The molecular formula is C21H30F3N3O4. The lowest BCUT2D eigenvalue weighted by Crippen LogP contribution is -2.51. The van der Waals surface area contributed by atoms with E-state index in [-0.39, 0.29) is 30.9 Å². The molecule has 7 nitrogen and oxygen atoms in total. The predicted molar refractivity (Wildman–Crippen MR) is 109 cm³/mol. The van der Waals surface area contributed by atoms with Crippen molar-refractivity contribution in [1.29, 1.82) is 0 Å². The van der Waals surface area contributed by atoms with E-state index in [4.69, 9.17) is 9.84 Å². The van der Waals surface area contributed by atoms with E-state index in [1.54, 1.807) is 32.7 Å². The number of rotatable bonds is 6. The van der Waals surface area contributed by atoms with E-state index in [0.717, 1.165) is 0 Å². The smallest absolute Gasteiger partial charge is 0.429 e. The fourth-order valence-electron chi connectivity index (χ4n) is 3.62. The van der Waals surface area contributed by atoms with Crippen LogP contribution in [0.4, 0.5) is 23.8 Å². The fraction of sp³-hybridized carbons (Fsp3) is 0.667. The number of hydrogen-bond donors (Lipinski definition) is 1. The normalized spacial score (nSPS) is 19.6. The highest BCUT2D eigenvalue weighted by molar-refractivity contribution is 5.87. The number of halogens is 3. The highest BCUT2D eigenvalue weighted by Gasteiger charge is 2.42. The Balaban J connectivity index is 2.23. The number of pyridine rings is 1. The molecule has 0 spiro atoms. The molecule has 0 bridgehead atoms. The molecule has 1 aliphatic rings. The van der Waals surface area contributed by atoms with E-state index < -0.39 is 29.8 Å². The Hall–Kier alpha value is -2.52. The molecule has 1 aliphatic carbocycles. The Bertz CT molecular complexity index is 755. The Kier molecular flexibility index (Phi) is 7.77. The number of aromatic carboxylic acids is 1. The van der Waals surface area contributed by atoms with E-state index in [2.05, 4.69) is 4.98 Å². The molecule has 1 saturated carbocycles. The molecule has 1 fully saturated rings. The minimum Gasteiger partial charge on any atom is -0.478 e. The number of nitrogens with zero attached hydrogens (tertiary/aromatic N) is 3. The predicted octanol–water partition coefficient (Wildman–Crippen LogP) is 5.13. The summed E-state index contributed by atoms with van der Waals surface area (Å²) in [6.45, 7) is 7.51. The summed E-state index contributed by atoms with van der Waals surface area (Å²) in [4.78, 5) is 28.2. The van der Waals surface area contributed by atoms with Gasteiger partial charge in [-0.2, -0.15) is 13.2 Å². The van der Waals surface area contributed by atoms with Gasteiger partial charge in [0.1, 0.15) is 11.4 Å². The van der Waals surface area contributed by atoms with Gasteiger partial charge in [0, 0.05) is 19.3 Å². The maximum atomic E-state index is 13.0. The number of amides is 1. The maximum Gasteiger partial charge on any atom is 0.429 e. The largest absolute Gasteiger partial charge is 0.478 e. The lowest BCUT2D eigenvalue weighted by Gasteiger charge is -2.39. The number of carboxylic acid groups (broad SMARTS) is 1. The van der Waals surface area contributed by atoms with E-state index in [0.29, 0.717) is 25.2 Å². The third kappa shape index (κ3) is 7.00. The standard InChI is InChI=1S/C21H30F3N3O4/c1-5-26(17-11-8-15(12-25-17)18(28)29)27(19(30)31-20(2,3)4)13-14-6-9-16(10-7-14)21(22,23)24/h8,11-12,14,16H,5-7,9-10,13H2,1-4H3,(H,28,29)/t14-,16-. The van der Waals surface area contributed by atoms with Crippen LogP contribution in [0.2, 0.25) is 0 Å². The van der Waals surface area contributed by atoms with E-state index >= 15 is 0 Å². The van der Waals surface area contributed by atoms with Crippen LogP contribution in [-0.2, 0) is 4.74 Å². The van der Waals surface area contributed by atoms with Crippen molar-refractivity contribution in [3.63, 3.8) is 0 Å². The summed E-state index contributed by atoms with van der Waals surface area (Å²) in [5.41, 5.74) is -0.752. The second-order valence-electron chi connectivity index (χ2n) is 8.75. The Morgan fingerprint density at radius 1 is 1.16 bits per heavy atom. The highest BCUT2D eigenvalue weighted by atomic mass is 19.4. The molecule has 10 heteroatoms. The van der Waals surface area contributed by atoms with Crippen molar-refractivity contribution in [2.45, 2.75) is 65.2 Å². The SMILES string of the molecule is CCN(c1ccc(C(=O)O)cn1)N(C[C@H]1CC[C@H](C(F)(F)F)CC1)C(=O)OC(C)(C)C. The zero-order valence-corrected chi connectivity index (χ0v) is 18.3. The summed E-state index contributed by atoms with van der Waals surface area (Å²) in [5, 5.41) is 12.0. The lowest BCUT2D eigenvalue weighted by atomic mass is 9.81.